The number of rotatable bonds is 6. The lowest BCUT2D eigenvalue weighted by Gasteiger charge is -2.37. The SMILES string of the molecule is COc1cc(Nc2cc(N3C[C@H](C)C[C@H](C)C3)c3noc4c3c2C(=O)c2ccccc2-4)cc(OC)c1OC. The van der Waals surface area contributed by atoms with E-state index < -0.39 is 0 Å². The van der Waals surface area contributed by atoms with Crippen LogP contribution in [0.25, 0.3) is 22.2 Å². The van der Waals surface area contributed by atoms with Crippen LogP contribution in [0.1, 0.15) is 36.2 Å². The number of hydrogen-bond donors (Lipinski definition) is 1. The van der Waals surface area contributed by atoms with E-state index in [9.17, 15) is 4.79 Å². The van der Waals surface area contributed by atoms with Crippen LogP contribution < -0.4 is 24.4 Å². The number of nitrogens with zero attached hydrogens (tertiary/aromatic N) is 2. The summed E-state index contributed by atoms with van der Waals surface area (Å²) >= 11 is 0. The van der Waals surface area contributed by atoms with E-state index >= 15 is 0 Å². The topological polar surface area (TPSA) is 86.1 Å². The molecular formula is C30H31N3O5. The lowest BCUT2D eigenvalue weighted by Crippen LogP contribution is -2.39. The van der Waals surface area contributed by atoms with Crippen LogP contribution in [0, 0.1) is 11.8 Å². The fourth-order valence-corrected chi connectivity index (χ4v) is 6.05. The molecule has 3 aromatic carbocycles. The van der Waals surface area contributed by atoms with Crippen LogP contribution in [-0.4, -0.2) is 45.4 Å². The van der Waals surface area contributed by atoms with Gasteiger partial charge < -0.3 is 29.0 Å². The molecule has 1 N–H and O–H groups in total. The lowest BCUT2D eigenvalue weighted by molar-refractivity contribution is 0.104. The van der Waals surface area contributed by atoms with Gasteiger partial charge in [-0.15, -0.1) is 0 Å². The van der Waals surface area contributed by atoms with E-state index in [1.54, 1.807) is 21.3 Å². The maximum Gasteiger partial charge on any atom is 0.203 e. The zero-order valence-electron chi connectivity index (χ0n) is 22.3. The number of anilines is 3. The van der Waals surface area contributed by atoms with Crippen LogP contribution in [0.3, 0.4) is 0 Å². The molecule has 8 heteroatoms. The summed E-state index contributed by atoms with van der Waals surface area (Å²) in [5, 5.41) is 8.76. The number of hydrogen-bond acceptors (Lipinski definition) is 8. The Morgan fingerprint density at radius 3 is 2.24 bits per heavy atom. The number of carbonyl (C=O) groups is 1. The largest absolute Gasteiger partial charge is 0.493 e. The van der Waals surface area contributed by atoms with E-state index in [1.165, 1.54) is 6.42 Å². The molecular weight excluding hydrogens is 482 g/mol. The van der Waals surface area contributed by atoms with Crippen LogP contribution in [-0.2, 0) is 0 Å². The molecule has 1 aromatic heterocycles. The molecule has 196 valence electrons. The van der Waals surface area contributed by atoms with Crippen LogP contribution in [0.4, 0.5) is 17.1 Å². The molecule has 1 fully saturated rings. The molecule has 0 bridgehead atoms. The van der Waals surface area contributed by atoms with Crippen molar-refractivity contribution in [1.82, 2.24) is 5.16 Å². The highest BCUT2D eigenvalue weighted by molar-refractivity contribution is 6.28. The molecule has 6 rings (SSSR count). The minimum absolute atomic E-state index is 0.0665. The molecule has 0 radical (unpaired) electrons. The number of aromatic nitrogens is 1. The molecule has 0 spiro atoms. The third-order valence-electron chi connectivity index (χ3n) is 7.53. The van der Waals surface area contributed by atoms with E-state index in [0.29, 0.717) is 57.3 Å². The first-order chi connectivity index (χ1) is 18.4. The first-order valence-corrected chi connectivity index (χ1v) is 12.9. The zero-order valence-corrected chi connectivity index (χ0v) is 22.3. The van der Waals surface area contributed by atoms with Crippen molar-refractivity contribution in [3.05, 3.63) is 53.6 Å². The number of fused-ring (bicyclic) bond motifs is 2. The van der Waals surface area contributed by atoms with Crippen molar-refractivity contribution in [2.45, 2.75) is 20.3 Å². The second-order valence-electron chi connectivity index (χ2n) is 10.3. The monoisotopic (exact) mass is 513 g/mol. The highest BCUT2D eigenvalue weighted by Gasteiger charge is 2.35. The number of carbonyl (C=O) groups excluding carboxylic acids is 1. The fourth-order valence-electron chi connectivity index (χ4n) is 6.05. The van der Waals surface area contributed by atoms with Gasteiger partial charge in [0.25, 0.3) is 0 Å². The van der Waals surface area contributed by atoms with Gasteiger partial charge in [-0.2, -0.15) is 0 Å². The van der Waals surface area contributed by atoms with E-state index in [2.05, 4.69) is 29.2 Å². The predicted molar refractivity (Wildman–Crippen MR) is 147 cm³/mol. The summed E-state index contributed by atoms with van der Waals surface area (Å²) in [7, 11) is 4.73. The van der Waals surface area contributed by atoms with Gasteiger partial charge in [-0.3, -0.25) is 4.79 Å². The van der Waals surface area contributed by atoms with Crippen molar-refractivity contribution < 1.29 is 23.5 Å². The summed E-state index contributed by atoms with van der Waals surface area (Å²) in [4.78, 5) is 16.3. The minimum Gasteiger partial charge on any atom is -0.493 e. The van der Waals surface area contributed by atoms with Crippen LogP contribution in [0.5, 0.6) is 17.2 Å². The van der Waals surface area contributed by atoms with E-state index in [0.717, 1.165) is 35.2 Å². The summed E-state index contributed by atoms with van der Waals surface area (Å²) in [6, 6.07) is 13.2. The molecule has 2 atom stereocenters. The number of ether oxygens (including phenoxy) is 3. The van der Waals surface area contributed by atoms with Gasteiger partial charge in [0.05, 0.1) is 43.7 Å². The van der Waals surface area contributed by atoms with E-state index in [-0.39, 0.29) is 5.78 Å². The Morgan fingerprint density at radius 2 is 1.61 bits per heavy atom. The van der Waals surface area contributed by atoms with Gasteiger partial charge in [0, 0.05) is 42.0 Å². The molecule has 8 nitrogen and oxygen atoms in total. The Labute approximate surface area is 221 Å². The summed E-state index contributed by atoms with van der Waals surface area (Å²) < 4.78 is 22.6. The minimum atomic E-state index is -0.0665. The van der Waals surface area contributed by atoms with E-state index in [4.69, 9.17) is 18.7 Å². The Bertz CT molecular complexity index is 1520. The van der Waals surface area contributed by atoms with Crippen molar-refractivity contribution >= 4 is 33.7 Å². The normalized spacial score (nSPS) is 18.3. The second kappa shape index (κ2) is 9.28. The Hall–Kier alpha value is -4.20. The average Bonchev–Trinajstić information content (AvgIpc) is 3.36. The van der Waals surface area contributed by atoms with E-state index in [1.807, 2.05) is 42.5 Å². The number of ketones is 1. The van der Waals surface area contributed by atoms with Gasteiger partial charge in [0.15, 0.2) is 23.0 Å². The molecule has 1 aliphatic heterocycles. The molecule has 0 unspecified atom stereocenters. The van der Waals surface area contributed by atoms with Crippen molar-refractivity contribution in [1.29, 1.82) is 0 Å². The predicted octanol–water partition coefficient (Wildman–Crippen LogP) is 6.29. The van der Waals surface area contributed by atoms with Crippen molar-refractivity contribution in [3.63, 3.8) is 0 Å². The fraction of sp³-hybridized carbons (Fsp3) is 0.333. The van der Waals surface area contributed by atoms with Crippen molar-refractivity contribution in [2.24, 2.45) is 11.8 Å². The zero-order chi connectivity index (χ0) is 26.6. The summed E-state index contributed by atoms with van der Waals surface area (Å²) in [5.74, 6) is 3.18. The molecule has 2 heterocycles. The van der Waals surface area contributed by atoms with Gasteiger partial charge in [0.1, 0.15) is 5.52 Å². The molecule has 0 saturated carbocycles. The summed E-state index contributed by atoms with van der Waals surface area (Å²) in [6.45, 7) is 6.38. The Morgan fingerprint density at radius 1 is 0.947 bits per heavy atom. The number of nitrogens with one attached hydrogen (secondary N) is 1. The van der Waals surface area contributed by atoms with Crippen LogP contribution in [0.15, 0.2) is 47.0 Å². The molecule has 0 amide bonds. The number of benzene rings is 3. The molecule has 38 heavy (non-hydrogen) atoms. The molecule has 1 aliphatic carbocycles. The number of piperidine rings is 1. The number of methoxy groups -OCH3 is 3. The Kier molecular flexibility index (Phi) is 5.90. The molecule has 2 aliphatic rings. The third-order valence-corrected chi connectivity index (χ3v) is 7.53. The highest BCUT2D eigenvalue weighted by Crippen LogP contribution is 2.48. The second-order valence-corrected chi connectivity index (χ2v) is 10.3. The third kappa shape index (κ3) is 3.74. The average molecular weight is 514 g/mol. The van der Waals surface area contributed by atoms with Gasteiger partial charge in [0.2, 0.25) is 5.75 Å². The maximum absolute atomic E-state index is 13.9. The maximum atomic E-state index is 13.9. The molecule has 4 aromatic rings. The van der Waals surface area contributed by atoms with Gasteiger partial charge in [-0.1, -0.05) is 43.3 Å². The molecule has 1 saturated heterocycles. The van der Waals surface area contributed by atoms with Crippen LogP contribution in [0.2, 0.25) is 0 Å². The first kappa shape index (κ1) is 24.2. The van der Waals surface area contributed by atoms with Crippen LogP contribution >= 0.6 is 0 Å². The smallest absolute Gasteiger partial charge is 0.203 e. The first-order valence-electron chi connectivity index (χ1n) is 12.9. The summed E-state index contributed by atoms with van der Waals surface area (Å²) in [5.41, 5.74) is 4.96. The van der Waals surface area contributed by atoms with Crippen molar-refractivity contribution in [2.75, 3.05) is 44.6 Å². The standard InChI is InChI=1S/C30H31N3O5/c1-16-10-17(2)15-33(14-16)22-13-21(31-18-11-23(35-3)30(37-5)24(12-18)36-4)25-26-27(22)32-38-29(26)20-9-7-6-8-19(20)28(25)34/h6-9,11-13,16-17,31H,10,14-15H2,1-5H3/t16-,17+. The van der Waals surface area contributed by atoms with Gasteiger partial charge in [-0.25, -0.2) is 0 Å². The van der Waals surface area contributed by atoms with Crippen molar-refractivity contribution in [3.8, 4) is 28.6 Å². The van der Waals surface area contributed by atoms with Gasteiger partial charge in [-0.05, 0) is 24.3 Å². The van der Waals surface area contributed by atoms with Gasteiger partial charge >= 0.3 is 0 Å². The summed E-state index contributed by atoms with van der Waals surface area (Å²) in [6.07, 6.45) is 1.18. The quantitative estimate of drug-likeness (QED) is 0.283. The Balaban J connectivity index is 1.58. The lowest BCUT2D eigenvalue weighted by atomic mass is 9.85. The highest BCUT2D eigenvalue weighted by atomic mass is 16.5.